The predicted octanol–water partition coefficient (Wildman–Crippen LogP) is 4.13. The van der Waals surface area contributed by atoms with Gasteiger partial charge in [-0.2, -0.15) is 5.10 Å². The molecule has 0 spiro atoms. The molecule has 2 aromatic heterocycles. The summed E-state index contributed by atoms with van der Waals surface area (Å²) >= 11 is 0. The maximum Gasteiger partial charge on any atom is 0.270 e. The van der Waals surface area contributed by atoms with Crippen LogP contribution < -0.4 is 5.32 Å². The first-order chi connectivity index (χ1) is 12.0. The van der Waals surface area contributed by atoms with Crippen molar-refractivity contribution in [3.63, 3.8) is 0 Å². The number of amides is 1. The number of rotatable bonds is 5. The van der Waals surface area contributed by atoms with Crippen LogP contribution in [0.1, 0.15) is 35.5 Å². The zero-order valence-electron chi connectivity index (χ0n) is 15.0. The van der Waals surface area contributed by atoms with E-state index in [9.17, 15) is 4.79 Å². The van der Waals surface area contributed by atoms with E-state index in [-0.39, 0.29) is 5.91 Å². The lowest BCUT2D eigenvalue weighted by molar-refractivity contribution is 0.0941. The number of benzene rings is 1. The van der Waals surface area contributed by atoms with Gasteiger partial charge in [0.2, 0.25) is 0 Å². The summed E-state index contributed by atoms with van der Waals surface area (Å²) < 4.78 is 7.14. The van der Waals surface area contributed by atoms with E-state index in [4.69, 9.17) is 4.42 Å². The van der Waals surface area contributed by atoms with E-state index in [1.165, 1.54) is 5.56 Å². The third-order valence-electron chi connectivity index (χ3n) is 3.97. The summed E-state index contributed by atoms with van der Waals surface area (Å²) in [6.45, 7) is 8.82. The maximum atomic E-state index is 12.7. The molecule has 0 saturated carbocycles. The molecule has 0 bridgehead atoms. The van der Waals surface area contributed by atoms with Gasteiger partial charge in [-0.25, -0.2) is 4.68 Å². The van der Waals surface area contributed by atoms with Gasteiger partial charge < -0.3 is 9.73 Å². The van der Waals surface area contributed by atoms with Gasteiger partial charge in [0.25, 0.3) is 5.91 Å². The van der Waals surface area contributed by atoms with Crippen molar-refractivity contribution >= 4 is 5.91 Å². The Hall–Kier alpha value is -2.82. The van der Waals surface area contributed by atoms with Crippen LogP contribution in [-0.2, 0) is 0 Å². The van der Waals surface area contributed by atoms with Gasteiger partial charge in [-0.05, 0) is 43.5 Å². The fraction of sp³-hybridized carbons (Fsp3) is 0.300. The third kappa shape index (κ3) is 3.65. The molecule has 130 valence electrons. The summed E-state index contributed by atoms with van der Waals surface area (Å²) in [7, 11) is 0. The van der Waals surface area contributed by atoms with Crippen molar-refractivity contribution < 1.29 is 9.21 Å². The van der Waals surface area contributed by atoms with Crippen LogP contribution in [0.4, 0.5) is 0 Å². The van der Waals surface area contributed by atoms with Crippen molar-refractivity contribution in [2.45, 2.75) is 27.7 Å². The van der Waals surface area contributed by atoms with E-state index >= 15 is 0 Å². The Morgan fingerprint density at radius 1 is 1.24 bits per heavy atom. The molecule has 2 heterocycles. The van der Waals surface area contributed by atoms with Crippen molar-refractivity contribution in [2.75, 3.05) is 6.54 Å². The number of nitrogens with one attached hydrogen (secondary N) is 1. The van der Waals surface area contributed by atoms with Gasteiger partial charge in [0.1, 0.15) is 11.4 Å². The Labute approximate surface area is 147 Å². The lowest BCUT2D eigenvalue weighted by Crippen LogP contribution is -2.29. The Morgan fingerprint density at radius 3 is 2.68 bits per heavy atom. The quantitative estimate of drug-likeness (QED) is 0.761. The van der Waals surface area contributed by atoms with E-state index in [2.05, 4.69) is 30.3 Å². The number of aromatic nitrogens is 2. The van der Waals surface area contributed by atoms with E-state index in [0.29, 0.717) is 29.6 Å². The average Bonchev–Trinajstić information content (AvgIpc) is 3.21. The first-order valence-electron chi connectivity index (χ1n) is 8.45. The van der Waals surface area contributed by atoms with Crippen molar-refractivity contribution in [1.82, 2.24) is 15.1 Å². The highest BCUT2D eigenvalue weighted by atomic mass is 16.3. The Morgan fingerprint density at radius 2 is 2.04 bits per heavy atom. The van der Waals surface area contributed by atoms with Gasteiger partial charge in [-0.3, -0.25) is 4.79 Å². The average molecular weight is 337 g/mol. The lowest BCUT2D eigenvalue weighted by atomic mass is 10.1. The topological polar surface area (TPSA) is 60.1 Å². The maximum absolute atomic E-state index is 12.7. The molecule has 0 radical (unpaired) electrons. The Bertz CT molecular complexity index is 876. The number of carbonyl (C=O) groups excluding carboxylic acids is 1. The van der Waals surface area contributed by atoms with Crippen LogP contribution >= 0.6 is 0 Å². The fourth-order valence-corrected chi connectivity index (χ4v) is 2.70. The first kappa shape index (κ1) is 17.0. The highest BCUT2D eigenvalue weighted by Gasteiger charge is 2.19. The SMILES string of the molecule is Cc1ccc(-n2nc(-c3ccco3)cc2C(=O)NCC(C)C)c(C)c1. The minimum atomic E-state index is -0.140. The zero-order valence-corrected chi connectivity index (χ0v) is 15.0. The standard InChI is InChI=1S/C20H23N3O2/c1-13(2)12-21-20(24)18-11-16(19-6-5-9-25-19)22-23(18)17-8-7-14(3)10-15(17)4/h5-11,13H,12H2,1-4H3,(H,21,24). The van der Waals surface area contributed by atoms with Gasteiger partial charge in [0.15, 0.2) is 5.76 Å². The van der Waals surface area contributed by atoms with E-state index in [1.807, 2.05) is 38.1 Å². The normalized spacial score (nSPS) is 11.1. The number of nitrogens with zero attached hydrogens (tertiary/aromatic N) is 2. The first-order valence-corrected chi connectivity index (χ1v) is 8.45. The van der Waals surface area contributed by atoms with Crippen LogP contribution in [0.5, 0.6) is 0 Å². The van der Waals surface area contributed by atoms with Gasteiger partial charge in [0, 0.05) is 12.6 Å². The van der Waals surface area contributed by atoms with E-state index in [1.54, 1.807) is 17.0 Å². The summed E-state index contributed by atoms with van der Waals surface area (Å²) in [6, 6.07) is 11.5. The van der Waals surface area contributed by atoms with E-state index < -0.39 is 0 Å². The molecule has 0 aliphatic rings. The molecule has 0 fully saturated rings. The molecule has 0 aliphatic carbocycles. The highest BCUT2D eigenvalue weighted by Crippen LogP contribution is 2.24. The molecule has 3 rings (SSSR count). The number of furan rings is 1. The van der Waals surface area contributed by atoms with Crippen molar-refractivity contribution in [3.8, 4) is 17.1 Å². The monoisotopic (exact) mass is 337 g/mol. The second kappa shape index (κ2) is 6.97. The molecule has 0 aliphatic heterocycles. The Balaban J connectivity index is 2.07. The number of aryl methyl sites for hydroxylation is 2. The summed E-state index contributed by atoms with van der Waals surface area (Å²) in [5.74, 6) is 0.881. The molecular weight excluding hydrogens is 314 g/mol. The Kier molecular flexibility index (Phi) is 4.74. The van der Waals surface area contributed by atoms with Crippen LogP contribution in [-0.4, -0.2) is 22.2 Å². The van der Waals surface area contributed by atoms with Crippen LogP contribution in [0.2, 0.25) is 0 Å². The summed E-state index contributed by atoms with van der Waals surface area (Å²) in [5, 5.41) is 7.59. The minimum Gasteiger partial charge on any atom is -0.463 e. The number of carbonyl (C=O) groups is 1. The molecule has 1 N–H and O–H groups in total. The van der Waals surface area contributed by atoms with Crippen LogP contribution in [0.25, 0.3) is 17.1 Å². The van der Waals surface area contributed by atoms with Crippen molar-refractivity contribution in [2.24, 2.45) is 5.92 Å². The zero-order chi connectivity index (χ0) is 18.0. The minimum absolute atomic E-state index is 0.140. The molecule has 0 unspecified atom stereocenters. The molecule has 1 aromatic carbocycles. The van der Waals surface area contributed by atoms with Gasteiger partial charge in [-0.1, -0.05) is 31.5 Å². The second-order valence-corrected chi connectivity index (χ2v) is 6.70. The number of hydrogen-bond donors (Lipinski definition) is 1. The molecule has 5 heteroatoms. The second-order valence-electron chi connectivity index (χ2n) is 6.70. The molecule has 0 saturated heterocycles. The van der Waals surface area contributed by atoms with Gasteiger partial charge in [-0.15, -0.1) is 0 Å². The third-order valence-corrected chi connectivity index (χ3v) is 3.97. The predicted molar refractivity (Wildman–Crippen MR) is 97.9 cm³/mol. The fourth-order valence-electron chi connectivity index (χ4n) is 2.70. The molecule has 0 atom stereocenters. The molecule has 5 nitrogen and oxygen atoms in total. The lowest BCUT2D eigenvalue weighted by Gasteiger charge is -2.12. The van der Waals surface area contributed by atoms with Crippen molar-refractivity contribution in [3.05, 3.63) is 59.5 Å². The van der Waals surface area contributed by atoms with Crippen LogP contribution in [0.15, 0.2) is 47.1 Å². The molecular formula is C20H23N3O2. The summed E-state index contributed by atoms with van der Waals surface area (Å²) in [6.07, 6.45) is 1.60. The van der Waals surface area contributed by atoms with Crippen LogP contribution in [0.3, 0.4) is 0 Å². The van der Waals surface area contributed by atoms with E-state index in [0.717, 1.165) is 11.3 Å². The highest BCUT2D eigenvalue weighted by molar-refractivity contribution is 5.94. The van der Waals surface area contributed by atoms with Crippen LogP contribution in [0, 0.1) is 19.8 Å². The smallest absolute Gasteiger partial charge is 0.270 e. The van der Waals surface area contributed by atoms with Gasteiger partial charge in [0.05, 0.1) is 12.0 Å². The molecule has 25 heavy (non-hydrogen) atoms. The van der Waals surface area contributed by atoms with Crippen molar-refractivity contribution in [1.29, 1.82) is 0 Å². The summed E-state index contributed by atoms with van der Waals surface area (Å²) in [5.41, 5.74) is 4.26. The number of hydrogen-bond acceptors (Lipinski definition) is 3. The largest absolute Gasteiger partial charge is 0.463 e. The molecule has 1 amide bonds. The summed E-state index contributed by atoms with van der Waals surface area (Å²) in [4.78, 5) is 12.7. The van der Waals surface area contributed by atoms with Gasteiger partial charge >= 0.3 is 0 Å². The molecule has 3 aromatic rings.